The van der Waals surface area contributed by atoms with E-state index in [2.05, 4.69) is 42.1 Å². The third-order valence-corrected chi connectivity index (χ3v) is 11.9. The summed E-state index contributed by atoms with van der Waals surface area (Å²) in [6.45, 7) is 11.8. The van der Waals surface area contributed by atoms with E-state index in [0.29, 0.717) is 41.3 Å². The van der Waals surface area contributed by atoms with Crippen molar-refractivity contribution in [1.29, 1.82) is 0 Å². The summed E-state index contributed by atoms with van der Waals surface area (Å²) in [5.41, 5.74) is 2.53. The summed E-state index contributed by atoms with van der Waals surface area (Å²) < 4.78 is 13.4. The molecule has 0 atom stereocenters. The second-order valence-electron chi connectivity index (χ2n) is 15.1. The van der Waals surface area contributed by atoms with E-state index in [0.717, 1.165) is 103 Å². The highest BCUT2D eigenvalue weighted by Gasteiger charge is 2.20. The predicted octanol–water partition coefficient (Wildman–Crippen LogP) is 3.13. The molecule has 0 amide bonds. The Bertz CT molecular complexity index is 2660. The summed E-state index contributed by atoms with van der Waals surface area (Å²) in [5.74, 6) is 0.386. The van der Waals surface area contributed by atoms with Crippen LogP contribution in [0.1, 0.15) is 12.8 Å². The number of para-hydroxylation sites is 2. The zero-order valence-corrected chi connectivity index (χ0v) is 37.9. The van der Waals surface area contributed by atoms with Crippen LogP contribution < -0.4 is 37.6 Å². The lowest BCUT2D eigenvalue weighted by molar-refractivity contribution is 0.198. The standard InChI is InChI=1S/C19H23ClN6O2.C10H13ClN2.C9H11ClN4O2.C4H8O/c1-22-17-16(18(27)23(2)19(22)28)26(13-21-17)12-9-24-7-10-25(11-8-24)15-6-4-3-5-14(15)20;11-9-3-1-2-4-10(9)13-7-5-12-6-8-13;1-12-7-6(8(15)13(2)9(12)16)14(4-3-10)5-11-7;1-2-4-5-3-1/h3-6,13H,7-12H2,1-2H3;1-4,12H,5-8H2;5H,3-4H2,1-2H3;1-4H2. The van der Waals surface area contributed by atoms with Crippen LogP contribution in [-0.4, -0.2) is 120 Å². The summed E-state index contributed by atoms with van der Waals surface area (Å²) >= 11 is 18.0. The molecule has 0 spiro atoms. The second kappa shape index (κ2) is 21.9. The van der Waals surface area contributed by atoms with Crippen molar-refractivity contribution in [1.82, 2.24) is 47.6 Å². The molecular formula is C42H55Cl3N12O5. The van der Waals surface area contributed by atoms with Crippen LogP contribution in [-0.2, 0) is 46.0 Å². The summed E-state index contributed by atoms with van der Waals surface area (Å²) in [6, 6.07) is 15.9. The molecule has 3 saturated heterocycles. The van der Waals surface area contributed by atoms with Crippen molar-refractivity contribution in [2.45, 2.75) is 25.9 Å². The molecule has 2 aromatic carbocycles. The van der Waals surface area contributed by atoms with Gasteiger partial charge in [0.15, 0.2) is 22.3 Å². The zero-order valence-electron chi connectivity index (χ0n) is 35.7. The molecule has 0 aliphatic carbocycles. The number of aromatic nitrogens is 8. The monoisotopic (exact) mass is 912 g/mol. The Balaban J connectivity index is 0.000000158. The van der Waals surface area contributed by atoms with Crippen molar-refractivity contribution in [3.8, 4) is 0 Å². The van der Waals surface area contributed by atoms with Crippen molar-refractivity contribution in [2.24, 2.45) is 28.2 Å². The quantitative estimate of drug-likeness (QED) is 0.235. The van der Waals surface area contributed by atoms with Gasteiger partial charge in [0.1, 0.15) is 0 Å². The third-order valence-electron chi connectivity index (χ3n) is 11.1. The number of rotatable bonds is 7. The second-order valence-corrected chi connectivity index (χ2v) is 16.3. The van der Waals surface area contributed by atoms with Crippen LogP contribution in [0.2, 0.25) is 10.0 Å². The lowest BCUT2D eigenvalue weighted by Gasteiger charge is -2.36. The van der Waals surface area contributed by atoms with Crippen LogP contribution in [0.3, 0.4) is 0 Å². The van der Waals surface area contributed by atoms with Crippen LogP contribution >= 0.6 is 34.8 Å². The summed E-state index contributed by atoms with van der Waals surface area (Å²) in [7, 11) is 6.16. The number of ether oxygens (including phenoxy) is 1. The SMILES string of the molecule is C1CCOC1.Clc1ccccc1N1CCNCC1.Cn1c(=O)c2c(ncn2CCCl)n(C)c1=O.Cn1c(=O)c2c(ncn2CCN2CCN(c3ccccc3Cl)CC2)n(C)c1=O. The predicted molar refractivity (Wildman–Crippen MR) is 248 cm³/mol. The first-order chi connectivity index (χ1) is 29.9. The number of fused-ring (bicyclic) bond motifs is 2. The number of halogens is 3. The van der Waals surface area contributed by atoms with Gasteiger partial charge < -0.3 is 29.0 Å². The molecule has 3 aliphatic heterocycles. The van der Waals surface area contributed by atoms with Crippen LogP contribution in [0, 0.1) is 0 Å². The van der Waals surface area contributed by atoms with Crippen LogP contribution in [0.25, 0.3) is 22.3 Å². The van der Waals surface area contributed by atoms with E-state index in [9.17, 15) is 19.2 Å². The molecule has 0 unspecified atom stereocenters. The van der Waals surface area contributed by atoms with Gasteiger partial charge in [0.2, 0.25) is 0 Å². The highest BCUT2D eigenvalue weighted by Crippen LogP contribution is 2.26. The molecule has 334 valence electrons. The fraction of sp³-hybridized carbons (Fsp3) is 0.476. The van der Waals surface area contributed by atoms with Crippen LogP contribution in [0.4, 0.5) is 11.4 Å². The van der Waals surface area contributed by atoms with Crippen molar-refractivity contribution >= 4 is 68.5 Å². The summed E-state index contributed by atoms with van der Waals surface area (Å²) in [5, 5.41) is 4.95. The molecule has 0 saturated carbocycles. The topological polar surface area (TPSA) is 155 Å². The number of anilines is 2. The molecule has 20 heteroatoms. The van der Waals surface area contributed by atoms with E-state index in [1.807, 2.05) is 41.0 Å². The Hall–Kier alpha value is -4.91. The minimum Gasteiger partial charge on any atom is -0.381 e. The highest BCUT2D eigenvalue weighted by molar-refractivity contribution is 6.33. The van der Waals surface area contributed by atoms with Crippen LogP contribution in [0.5, 0.6) is 0 Å². The van der Waals surface area contributed by atoms with E-state index >= 15 is 0 Å². The maximum absolute atomic E-state index is 12.5. The smallest absolute Gasteiger partial charge is 0.332 e. The van der Waals surface area contributed by atoms with E-state index in [1.165, 1.54) is 42.4 Å². The average Bonchev–Trinajstić information content (AvgIpc) is 4.11. The maximum Gasteiger partial charge on any atom is 0.332 e. The van der Waals surface area contributed by atoms with Crippen molar-refractivity contribution in [3.05, 3.63) is 113 Å². The van der Waals surface area contributed by atoms with E-state index < -0.39 is 0 Å². The molecular weight excluding hydrogens is 859 g/mol. The molecule has 6 aromatic rings. The number of alkyl halides is 1. The molecule has 7 heterocycles. The Labute approximate surface area is 374 Å². The van der Waals surface area contributed by atoms with E-state index in [1.54, 1.807) is 25.0 Å². The maximum atomic E-state index is 12.5. The van der Waals surface area contributed by atoms with E-state index in [4.69, 9.17) is 39.5 Å². The first-order valence-corrected chi connectivity index (χ1v) is 22.0. The fourth-order valence-corrected chi connectivity index (χ4v) is 8.21. The number of hydrogen-bond acceptors (Lipinski definition) is 11. The molecule has 0 bridgehead atoms. The van der Waals surface area contributed by atoms with Gasteiger partial charge in [0.25, 0.3) is 11.1 Å². The van der Waals surface area contributed by atoms with Gasteiger partial charge in [-0.25, -0.2) is 19.6 Å². The third kappa shape index (κ3) is 10.8. The van der Waals surface area contributed by atoms with Crippen molar-refractivity contribution < 1.29 is 4.74 Å². The van der Waals surface area contributed by atoms with Crippen molar-refractivity contribution in [2.75, 3.05) is 87.8 Å². The Morgan fingerprint density at radius 3 is 1.48 bits per heavy atom. The molecule has 17 nitrogen and oxygen atoms in total. The minimum absolute atomic E-state index is 0.306. The summed E-state index contributed by atoms with van der Waals surface area (Å²) in [4.78, 5) is 63.4. The number of imidazole rings is 2. The normalized spacial score (nSPS) is 15.5. The van der Waals surface area contributed by atoms with Gasteiger partial charge in [-0.1, -0.05) is 47.5 Å². The largest absolute Gasteiger partial charge is 0.381 e. The molecule has 4 aromatic heterocycles. The number of hydrogen-bond donors (Lipinski definition) is 1. The highest BCUT2D eigenvalue weighted by atomic mass is 35.5. The Kier molecular flexibility index (Phi) is 16.5. The van der Waals surface area contributed by atoms with Gasteiger partial charge in [0, 0.05) is 119 Å². The number of benzene rings is 2. The number of nitrogens with one attached hydrogen (secondary N) is 1. The first kappa shape index (κ1) is 46.6. The van der Waals surface area contributed by atoms with Gasteiger partial charge >= 0.3 is 11.4 Å². The number of piperazine rings is 2. The van der Waals surface area contributed by atoms with Gasteiger partial charge in [-0.05, 0) is 37.1 Å². The lowest BCUT2D eigenvalue weighted by atomic mass is 10.2. The molecule has 3 fully saturated rings. The fourth-order valence-electron chi connectivity index (χ4n) is 7.52. The van der Waals surface area contributed by atoms with Crippen LogP contribution in [0.15, 0.2) is 80.4 Å². The number of aryl methyl sites for hydroxylation is 3. The lowest BCUT2D eigenvalue weighted by Crippen LogP contribution is -2.47. The van der Waals surface area contributed by atoms with Gasteiger partial charge in [0.05, 0.1) is 34.1 Å². The molecule has 0 radical (unpaired) electrons. The number of nitrogens with zero attached hydrogens (tertiary/aromatic N) is 11. The Morgan fingerprint density at radius 1 is 0.597 bits per heavy atom. The minimum atomic E-state index is -0.381. The van der Waals surface area contributed by atoms with Gasteiger partial charge in [-0.2, -0.15) is 0 Å². The van der Waals surface area contributed by atoms with Crippen molar-refractivity contribution in [3.63, 3.8) is 0 Å². The summed E-state index contributed by atoms with van der Waals surface area (Å²) in [6.07, 6.45) is 5.72. The van der Waals surface area contributed by atoms with Gasteiger partial charge in [-0.15, -0.1) is 11.6 Å². The molecule has 1 N–H and O–H groups in total. The molecule has 9 rings (SSSR count). The average molecular weight is 914 g/mol. The first-order valence-electron chi connectivity index (χ1n) is 20.7. The van der Waals surface area contributed by atoms with Gasteiger partial charge in [-0.3, -0.25) is 32.8 Å². The Morgan fingerprint density at radius 2 is 1.05 bits per heavy atom. The molecule has 62 heavy (non-hydrogen) atoms. The molecule has 3 aliphatic rings. The van der Waals surface area contributed by atoms with E-state index in [-0.39, 0.29) is 22.5 Å². The zero-order chi connectivity index (χ0) is 44.3.